The first-order chi connectivity index (χ1) is 5.97. The molecular weight excluding hydrogens is 215 g/mol. The highest BCUT2D eigenvalue weighted by Gasteiger charge is 2.00. The molecule has 6 heteroatoms. The van der Waals surface area contributed by atoms with Crippen LogP contribution in [0.4, 0.5) is 4.39 Å². The van der Waals surface area contributed by atoms with Gasteiger partial charge in [0.1, 0.15) is 5.82 Å². The summed E-state index contributed by atoms with van der Waals surface area (Å²) in [6.07, 6.45) is 0. The van der Waals surface area contributed by atoms with Crippen molar-refractivity contribution in [3.8, 4) is 0 Å². The molecule has 1 aromatic carbocycles. The summed E-state index contributed by atoms with van der Waals surface area (Å²) < 4.78 is 35.9. The summed E-state index contributed by atoms with van der Waals surface area (Å²) in [6.45, 7) is -0.0981. The number of benzene rings is 1. The first-order valence-electron chi connectivity index (χ1n) is 3.34. The van der Waals surface area contributed by atoms with Crippen LogP contribution < -0.4 is 0 Å². The Balaban J connectivity index is 2.61. The van der Waals surface area contributed by atoms with Crippen molar-refractivity contribution in [1.82, 2.24) is 0 Å². The zero-order valence-electron chi connectivity index (χ0n) is 6.47. The Morgan fingerprint density at radius 2 is 2.00 bits per heavy atom. The lowest BCUT2D eigenvalue weighted by Crippen LogP contribution is -2.01. The van der Waals surface area contributed by atoms with E-state index in [2.05, 4.69) is 15.4 Å². The van der Waals surface area contributed by atoms with Gasteiger partial charge in [0.25, 0.3) is 9.05 Å². The Hall–Kier alpha value is -0.560. The molecule has 1 N–H and O–H groups in total. The van der Waals surface area contributed by atoms with Crippen LogP contribution in [0.3, 0.4) is 0 Å². The minimum absolute atomic E-state index is 0.0981. The van der Waals surface area contributed by atoms with Crippen LogP contribution in [-0.4, -0.2) is 8.76 Å². The summed E-state index contributed by atoms with van der Waals surface area (Å²) >= 11 is 4.10. The van der Waals surface area contributed by atoms with E-state index < -0.39 is 9.05 Å². The molecule has 0 aliphatic carbocycles. The van der Waals surface area contributed by atoms with E-state index in [4.69, 9.17) is 4.55 Å². The maximum Gasteiger partial charge on any atom is 0.266 e. The second-order valence-electron chi connectivity index (χ2n) is 2.32. The summed E-state index contributed by atoms with van der Waals surface area (Å²) in [6, 6.07) is 5.38. The van der Waals surface area contributed by atoms with Crippen molar-refractivity contribution in [1.29, 1.82) is 0 Å². The maximum atomic E-state index is 12.4. The van der Waals surface area contributed by atoms with E-state index in [9.17, 15) is 8.60 Å². The number of hydrogen-bond donors (Lipinski definition) is 1. The number of halogens is 1. The highest BCUT2D eigenvalue weighted by molar-refractivity contribution is 8.27. The van der Waals surface area contributed by atoms with Crippen molar-refractivity contribution >= 4 is 20.2 Å². The SMILES string of the molecule is O=S(O)(=S)OCc1ccc(F)cc1. The Labute approximate surface area is 80.2 Å². The van der Waals surface area contributed by atoms with Gasteiger partial charge in [-0.3, -0.25) is 8.74 Å². The van der Waals surface area contributed by atoms with Crippen molar-refractivity contribution in [2.24, 2.45) is 0 Å². The predicted octanol–water partition coefficient (Wildman–Crippen LogP) is 1.48. The van der Waals surface area contributed by atoms with Crippen LogP contribution >= 0.6 is 0 Å². The highest BCUT2D eigenvalue weighted by atomic mass is 32.9. The lowest BCUT2D eigenvalue weighted by atomic mass is 10.2. The average molecular weight is 222 g/mol. The van der Waals surface area contributed by atoms with Gasteiger partial charge in [0.2, 0.25) is 0 Å². The van der Waals surface area contributed by atoms with Crippen molar-refractivity contribution < 1.29 is 17.3 Å². The topological polar surface area (TPSA) is 46.5 Å². The zero-order valence-corrected chi connectivity index (χ0v) is 8.11. The Morgan fingerprint density at radius 3 is 2.46 bits per heavy atom. The van der Waals surface area contributed by atoms with Gasteiger partial charge in [0, 0.05) is 11.2 Å². The summed E-state index contributed by atoms with van der Waals surface area (Å²) in [5.41, 5.74) is 0.591. The molecule has 1 unspecified atom stereocenters. The van der Waals surface area contributed by atoms with E-state index in [1.165, 1.54) is 24.3 Å². The van der Waals surface area contributed by atoms with E-state index in [1.807, 2.05) is 0 Å². The first kappa shape index (κ1) is 10.5. The monoisotopic (exact) mass is 222 g/mol. The van der Waals surface area contributed by atoms with Gasteiger partial charge in [-0.2, -0.15) is 4.21 Å². The molecule has 0 bridgehead atoms. The summed E-state index contributed by atoms with van der Waals surface area (Å²) in [7, 11) is -3.59. The molecule has 0 aliphatic rings. The van der Waals surface area contributed by atoms with Crippen molar-refractivity contribution in [3.05, 3.63) is 35.6 Å². The molecule has 0 saturated heterocycles. The van der Waals surface area contributed by atoms with Crippen LogP contribution in [0.1, 0.15) is 5.56 Å². The second kappa shape index (κ2) is 4.10. The van der Waals surface area contributed by atoms with E-state index in [0.717, 1.165) is 0 Å². The molecule has 0 saturated carbocycles. The molecule has 0 aromatic heterocycles. The number of hydrogen-bond acceptors (Lipinski definition) is 3. The van der Waals surface area contributed by atoms with Gasteiger partial charge >= 0.3 is 0 Å². The molecule has 0 heterocycles. The van der Waals surface area contributed by atoms with Crippen LogP contribution in [0.25, 0.3) is 0 Å². The molecular formula is C7H7FO3S2. The Bertz CT molecular complexity index is 371. The van der Waals surface area contributed by atoms with Gasteiger partial charge < -0.3 is 0 Å². The summed E-state index contributed by atoms with van der Waals surface area (Å²) in [5, 5.41) is 0. The fourth-order valence-corrected chi connectivity index (χ4v) is 1.15. The van der Waals surface area contributed by atoms with E-state index in [0.29, 0.717) is 5.56 Å². The molecule has 3 nitrogen and oxygen atoms in total. The van der Waals surface area contributed by atoms with Gasteiger partial charge in [-0.1, -0.05) is 12.1 Å². The zero-order chi connectivity index (χ0) is 9.90. The smallest absolute Gasteiger partial charge is 0.266 e. The van der Waals surface area contributed by atoms with Crippen LogP contribution in [0.15, 0.2) is 24.3 Å². The third-order valence-corrected chi connectivity index (χ3v) is 1.99. The fraction of sp³-hybridized carbons (Fsp3) is 0.143. The minimum atomic E-state index is -3.59. The minimum Gasteiger partial charge on any atom is -0.285 e. The van der Waals surface area contributed by atoms with E-state index in [-0.39, 0.29) is 12.4 Å². The van der Waals surface area contributed by atoms with Crippen LogP contribution in [-0.2, 0) is 31.0 Å². The molecule has 0 aliphatic heterocycles. The van der Waals surface area contributed by atoms with Gasteiger partial charge in [0.15, 0.2) is 0 Å². The normalized spacial score (nSPS) is 15.2. The summed E-state index contributed by atoms with van der Waals surface area (Å²) in [4.78, 5) is 0. The van der Waals surface area contributed by atoms with Gasteiger partial charge in [0.05, 0.1) is 6.61 Å². The first-order valence-corrected chi connectivity index (χ1v) is 5.70. The molecule has 1 aromatic rings. The molecule has 13 heavy (non-hydrogen) atoms. The third-order valence-electron chi connectivity index (χ3n) is 1.29. The van der Waals surface area contributed by atoms with Crippen LogP contribution in [0, 0.1) is 5.82 Å². The Kier molecular flexibility index (Phi) is 3.32. The molecule has 0 spiro atoms. The second-order valence-corrected chi connectivity index (χ2v) is 4.67. The predicted molar refractivity (Wildman–Crippen MR) is 49.3 cm³/mol. The standard InChI is InChI=1S/C7H7FO3S2/c8-7-3-1-6(2-4-7)5-11-13(9,10)12/h1-4H,5H2,(H,9,10,12). The maximum absolute atomic E-state index is 12.4. The largest absolute Gasteiger partial charge is 0.285 e. The molecule has 0 fully saturated rings. The fourth-order valence-electron chi connectivity index (χ4n) is 0.723. The van der Waals surface area contributed by atoms with Crippen LogP contribution in [0.5, 0.6) is 0 Å². The third kappa shape index (κ3) is 4.28. The number of rotatable bonds is 3. The quantitative estimate of drug-likeness (QED) is 0.841. The van der Waals surface area contributed by atoms with Gasteiger partial charge in [-0.05, 0) is 17.7 Å². The highest BCUT2D eigenvalue weighted by Crippen LogP contribution is 2.05. The van der Waals surface area contributed by atoms with Crippen molar-refractivity contribution in [2.45, 2.75) is 6.61 Å². The molecule has 0 amide bonds. The molecule has 1 atom stereocenters. The lowest BCUT2D eigenvalue weighted by molar-refractivity contribution is 0.294. The van der Waals surface area contributed by atoms with Gasteiger partial charge in [-0.25, -0.2) is 4.39 Å². The molecule has 72 valence electrons. The van der Waals surface area contributed by atoms with Gasteiger partial charge in [-0.15, -0.1) is 0 Å². The van der Waals surface area contributed by atoms with E-state index >= 15 is 0 Å². The van der Waals surface area contributed by atoms with E-state index in [1.54, 1.807) is 0 Å². The Morgan fingerprint density at radius 1 is 1.46 bits per heavy atom. The lowest BCUT2D eigenvalue weighted by Gasteiger charge is -2.01. The average Bonchev–Trinajstić information content (AvgIpc) is 2.02. The molecule has 1 rings (SSSR count). The molecule has 0 radical (unpaired) electrons. The summed E-state index contributed by atoms with van der Waals surface area (Å²) in [5.74, 6) is -0.369. The van der Waals surface area contributed by atoms with Crippen LogP contribution in [0.2, 0.25) is 0 Å². The van der Waals surface area contributed by atoms with Crippen molar-refractivity contribution in [3.63, 3.8) is 0 Å². The van der Waals surface area contributed by atoms with Crippen molar-refractivity contribution in [2.75, 3.05) is 0 Å².